The molecule has 2 rings (SSSR count). The van der Waals surface area contributed by atoms with Gasteiger partial charge in [-0.2, -0.15) is 5.10 Å². The van der Waals surface area contributed by atoms with Gasteiger partial charge in [-0.25, -0.2) is 0 Å². The van der Waals surface area contributed by atoms with Crippen molar-refractivity contribution in [3.05, 3.63) is 18.0 Å². The van der Waals surface area contributed by atoms with Crippen LogP contribution in [0, 0.1) is 5.41 Å². The van der Waals surface area contributed by atoms with Gasteiger partial charge in [0.05, 0.1) is 5.69 Å². The first-order chi connectivity index (χ1) is 7.57. The summed E-state index contributed by atoms with van der Waals surface area (Å²) in [5.74, 6) is 0. The van der Waals surface area contributed by atoms with E-state index < -0.39 is 0 Å². The lowest BCUT2D eigenvalue weighted by atomic mass is 9.97. The van der Waals surface area contributed by atoms with Gasteiger partial charge in [0.15, 0.2) is 0 Å². The highest BCUT2D eigenvalue weighted by Gasteiger charge is 2.46. The van der Waals surface area contributed by atoms with Crippen LogP contribution in [-0.2, 0) is 6.42 Å². The van der Waals surface area contributed by atoms with E-state index in [-0.39, 0.29) is 5.38 Å². The van der Waals surface area contributed by atoms with Gasteiger partial charge in [-0.3, -0.25) is 4.68 Å². The van der Waals surface area contributed by atoms with Crippen molar-refractivity contribution < 1.29 is 0 Å². The third kappa shape index (κ3) is 2.27. The second-order valence-electron chi connectivity index (χ2n) is 5.20. The molecule has 2 atom stereocenters. The predicted octanol–water partition coefficient (Wildman–Crippen LogP) is 3.80. The van der Waals surface area contributed by atoms with Crippen LogP contribution in [-0.4, -0.2) is 15.2 Å². The maximum absolute atomic E-state index is 6.24. The number of alkyl halides is 1. The monoisotopic (exact) mass is 240 g/mol. The highest BCUT2D eigenvalue weighted by Crippen LogP contribution is 2.53. The van der Waals surface area contributed by atoms with Crippen molar-refractivity contribution >= 4 is 11.6 Å². The predicted molar refractivity (Wildman–Crippen MR) is 67.9 cm³/mol. The molecule has 0 spiro atoms. The molecule has 0 saturated heterocycles. The molecule has 1 saturated carbocycles. The molecule has 16 heavy (non-hydrogen) atoms. The minimum Gasteiger partial charge on any atom is -0.270 e. The summed E-state index contributed by atoms with van der Waals surface area (Å²) in [6.07, 6.45) is 6.78. The summed E-state index contributed by atoms with van der Waals surface area (Å²) in [4.78, 5) is 0. The maximum atomic E-state index is 6.24. The Hall–Kier alpha value is -0.500. The normalized spacial score (nSPS) is 21.8. The Kier molecular flexibility index (Phi) is 3.29. The fraction of sp³-hybridized carbons (Fsp3) is 0.769. The summed E-state index contributed by atoms with van der Waals surface area (Å²) in [5.41, 5.74) is 1.54. The lowest BCUT2D eigenvalue weighted by molar-refractivity contribution is 0.453. The van der Waals surface area contributed by atoms with E-state index in [1.807, 2.05) is 0 Å². The Morgan fingerprint density at radius 1 is 1.50 bits per heavy atom. The SMILES string of the molecule is CCC(C)n1ccc(CC2(C(C)Cl)CC2)n1. The second-order valence-corrected chi connectivity index (χ2v) is 5.85. The van der Waals surface area contributed by atoms with Gasteiger partial charge in [0.1, 0.15) is 0 Å². The lowest BCUT2D eigenvalue weighted by Crippen LogP contribution is -2.16. The molecule has 0 bridgehead atoms. The number of nitrogens with zero attached hydrogens (tertiary/aromatic N) is 2. The first-order valence-electron chi connectivity index (χ1n) is 6.25. The molecule has 1 aromatic heterocycles. The highest BCUT2D eigenvalue weighted by molar-refractivity contribution is 6.21. The van der Waals surface area contributed by atoms with Crippen molar-refractivity contribution in [2.75, 3.05) is 0 Å². The van der Waals surface area contributed by atoms with Gasteiger partial charge in [-0.05, 0) is 51.0 Å². The summed E-state index contributed by atoms with van der Waals surface area (Å²) in [6, 6.07) is 2.64. The van der Waals surface area contributed by atoms with E-state index in [2.05, 4.69) is 42.8 Å². The summed E-state index contributed by atoms with van der Waals surface area (Å²) < 4.78 is 2.07. The largest absolute Gasteiger partial charge is 0.270 e. The van der Waals surface area contributed by atoms with Crippen molar-refractivity contribution in [2.24, 2.45) is 5.41 Å². The number of rotatable bonds is 5. The molecular weight excluding hydrogens is 220 g/mol. The zero-order valence-corrected chi connectivity index (χ0v) is 11.2. The number of aromatic nitrogens is 2. The first kappa shape index (κ1) is 12.0. The molecule has 90 valence electrons. The van der Waals surface area contributed by atoms with E-state index in [1.165, 1.54) is 18.5 Å². The van der Waals surface area contributed by atoms with Gasteiger partial charge in [0.2, 0.25) is 0 Å². The zero-order chi connectivity index (χ0) is 11.8. The molecule has 1 heterocycles. The van der Waals surface area contributed by atoms with E-state index in [4.69, 9.17) is 11.6 Å². The Morgan fingerprint density at radius 3 is 2.69 bits per heavy atom. The van der Waals surface area contributed by atoms with Crippen molar-refractivity contribution in [3.8, 4) is 0 Å². The number of hydrogen-bond donors (Lipinski definition) is 0. The van der Waals surface area contributed by atoms with Crippen molar-refractivity contribution in [1.29, 1.82) is 0 Å². The van der Waals surface area contributed by atoms with Crippen LogP contribution in [0.1, 0.15) is 51.8 Å². The third-order valence-corrected chi connectivity index (χ3v) is 4.44. The van der Waals surface area contributed by atoms with Gasteiger partial charge < -0.3 is 0 Å². The van der Waals surface area contributed by atoms with E-state index in [9.17, 15) is 0 Å². The summed E-state index contributed by atoms with van der Waals surface area (Å²) >= 11 is 6.24. The Morgan fingerprint density at radius 2 is 2.19 bits per heavy atom. The summed E-state index contributed by atoms with van der Waals surface area (Å²) in [6.45, 7) is 6.50. The van der Waals surface area contributed by atoms with Crippen LogP contribution >= 0.6 is 11.6 Å². The zero-order valence-electron chi connectivity index (χ0n) is 10.4. The van der Waals surface area contributed by atoms with E-state index >= 15 is 0 Å². The van der Waals surface area contributed by atoms with Crippen LogP contribution in [0.15, 0.2) is 12.3 Å². The lowest BCUT2D eigenvalue weighted by Gasteiger charge is -2.16. The average molecular weight is 241 g/mol. The van der Waals surface area contributed by atoms with Gasteiger partial charge >= 0.3 is 0 Å². The first-order valence-corrected chi connectivity index (χ1v) is 6.69. The van der Waals surface area contributed by atoms with Gasteiger partial charge in [0, 0.05) is 17.6 Å². The van der Waals surface area contributed by atoms with Gasteiger partial charge in [0.25, 0.3) is 0 Å². The molecule has 2 nitrogen and oxygen atoms in total. The Bertz CT molecular complexity index is 353. The van der Waals surface area contributed by atoms with Crippen LogP contribution < -0.4 is 0 Å². The Balaban J connectivity index is 2.03. The fourth-order valence-electron chi connectivity index (χ4n) is 2.14. The smallest absolute Gasteiger partial charge is 0.0630 e. The van der Waals surface area contributed by atoms with Crippen molar-refractivity contribution in [1.82, 2.24) is 9.78 Å². The van der Waals surface area contributed by atoms with Crippen LogP contribution in [0.2, 0.25) is 0 Å². The quantitative estimate of drug-likeness (QED) is 0.716. The molecule has 0 N–H and O–H groups in total. The van der Waals surface area contributed by atoms with E-state index in [0.29, 0.717) is 11.5 Å². The molecule has 1 aromatic rings. The summed E-state index contributed by atoms with van der Waals surface area (Å²) in [7, 11) is 0. The van der Waals surface area contributed by atoms with Crippen molar-refractivity contribution in [3.63, 3.8) is 0 Å². The van der Waals surface area contributed by atoms with Gasteiger partial charge in [-0.1, -0.05) is 6.92 Å². The molecule has 1 fully saturated rings. The molecule has 0 aliphatic heterocycles. The van der Waals surface area contributed by atoms with Crippen LogP contribution in [0.5, 0.6) is 0 Å². The number of halogens is 1. The standard InChI is InChI=1S/C13H21ClN2/c1-4-10(2)16-8-5-12(15-16)9-13(6-7-13)11(3)14/h5,8,10-11H,4,6-7,9H2,1-3H3. The molecule has 0 aromatic carbocycles. The molecule has 1 aliphatic rings. The maximum Gasteiger partial charge on any atom is 0.0630 e. The van der Waals surface area contributed by atoms with E-state index in [0.717, 1.165) is 12.8 Å². The van der Waals surface area contributed by atoms with Crippen molar-refractivity contribution in [2.45, 2.75) is 57.9 Å². The average Bonchev–Trinajstić information content (AvgIpc) is 2.89. The van der Waals surface area contributed by atoms with Crippen LogP contribution in [0.3, 0.4) is 0 Å². The molecule has 2 unspecified atom stereocenters. The molecule has 0 amide bonds. The fourth-order valence-corrected chi connectivity index (χ4v) is 2.44. The minimum absolute atomic E-state index is 0.265. The minimum atomic E-state index is 0.265. The number of hydrogen-bond acceptors (Lipinski definition) is 1. The second kappa shape index (κ2) is 4.40. The Labute approximate surface area is 103 Å². The van der Waals surface area contributed by atoms with Gasteiger partial charge in [-0.15, -0.1) is 11.6 Å². The molecule has 0 radical (unpaired) electrons. The third-order valence-electron chi connectivity index (χ3n) is 3.98. The molecule has 3 heteroatoms. The molecule has 1 aliphatic carbocycles. The molecular formula is C13H21ClN2. The van der Waals surface area contributed by atoms with Crippen LogP contribution in [0.25, 0.3) is 0 Å². The topological polar surface area (TPSA) is 17.8 Å². The van der Waals surface area contributed by atoms with E-state index in [1.54, 1.807) is 0 Å². The highest BCUT2D eigenvalue weighted by atomic mass is 35.5. The summed E-state index contributed by atoms with van der Waals surface area (Å²) in [5, 5.41) is 4.91. The van der Waals surface area contributed by atoms with Crippen LogP contribution in [0.4, 0.5) is 0 Å².